The van der Waals surface area contributed by atoms with Crippen LogP contribution in [0.1, 0.15) is 10.5 Å². The molecule has 9 heteroatoms. The Labute approximate surface area is 196 Å². The highest BCUT2D eigenvalue weighted by Gasteiger charge is 2.27. The van der Waals surface area contributed by atoms with Gasteiger partial charge in [-0.2, -0.15) is 0 Å². The molecule has 0 atom stereocenters. The topological polar surface area (TPSA) is 70.5 Å². The number of carbonyl (C=O) groups is 2. The zero-order valence-electron chi connectivity index (χ0n) is 17.7. The van der Waals surface area contributed by atoms with Crippen molar-refractivity contribution in [3.63, 3.8) is 0 Å². The third-order valence-electron chi connectivity index (χ3n) is 5.32. The normalized spacial score (nSPS) is 14.4. The maximum atomic E-state index is 13.3. The molecule has 0 radical (unpaired) electrons. The Kier molecular flexibility index (Phi) is 7.14. The van der Waals surface area contributed by atoms with Crippen LogP contribution < -0.4 is 5.32 Å². The second kappa shape index (κ2) is 10.2. The molecule has 2 heterocycles. The molecule has 166 valence electrons. The first-order chi connectivity index (χ1) is 15.6. The monoisotopic (exact) mass is 469 g/mol. The SMILES string of the molecule is CSc1ncc(C(=O)N2CCN(CC(=O)Nc3ccccc3Cl)CC2)n1-c1ccccc1. The molecular weight excluding hydrogens is 446 g/mol. The molecule has 0 bridgehead atoms. The number of anilines is 1. The highest BCUT2D eigenvalue weighted by molar-refractivity contribution is 7.98. The van der Waals surface area contributed by atoms with E-state index in [4.69, 9.17) is 11.6 Å². The van der Waals surface area contributed by atoms with Crippen molar-refractivity contribution in [1.29, 1.82) is 0 Å². The van der Waals surface area contributed by atoms with E-state index in [1.807, 2.05) is 63.1 Å². The van der Waals surface area contributed by atoms with Crippen LogP contribution in [0, 0.1) is 0 Å². The van der Waals surface area contributed by atoms with E-state index < -0.39 is 0 Å². The lowest BCUT2D eigenvalue weighted by Crippen LogP contribution is -2.50. The van der Waals surface area contributed by atoms with Crippen LogP contribution >= 0.6 is 23.4 Å². The summed E-state index contributed by atoms with van der Waals surface area (Å²) in [5.41, 5.74) is 2.06. The molecule has 1 aromatic heterocycles. The Morgan fingerprint density at radius 1 is 1.03 bits per heavy atom. The van der Waals surface area contributed by atoms with E-state index in [1.165, 1.54) is 11.8 Å². The predicted molar refractivity (Wildman–Crippen MR) is 128 cm³/mol. The average molecular weight is 470 g/mol. The van der Waals surface area contributed by atoms with E-state index in [2.05, 4.69) is 10.3 Å². The second-order valence-electron chi connectivity index (χ2n) is 7.40. The Bertz CT molecular complexity index is 1100. The van der Waals surface area contributed by atoms with E-state index in [0.717, 1.165) is 10.8 Å². The van der Waals surface area contributed by atoms with Crippen molar-refractivity contribution in [1.82, 2.24) is 19.4 Å². The summed E-state index contributed by atoms with van der Waals surface area (Å²) < 4.78 is 1.90. The fraction of sp³-hybridized carbons (Fsp3) is 0.261. The summed E-state index contributed by atoms with van der Waals surface area (Å²) in [6, 6.07) is 16.9. The minimum atomic E-state index is -0.121. The van der Waals surface area contributed by atoms with Gasteiger partial charge in [0, 0.05) is 31.9 Å². The number of imidazole rings is 1. The van der Waals surface area contributed by atoms with Crippen LogP contribution in [0.5, 0.6) is 0 Å². The molecule has 1 N–H and O–H groups in total. The number of aromatic nitrogens is 2. The number of amides is 2. The molecular formula is C23H24ClN5O2S. The fourth-order valence-electron chi connectivity index (χ4n) is 3.68. The van der Waals surface area contributed by atoms with Crippen LogP contribution in [0.3, 0.4) is 0 Å². The maximum Gasteiger partial charge on any atom is 0.272 e. The van der Waals surface area contributed by atoms with Crippen LogP contribution in [0.25, 0.3) is 5.69 Å². The summed E-state index contributed by atoms with van der Waals surface area (Å²) in [7, 11) is 0. The number of para-hydroxylation sites is 2. The van der Waals surface area contributed by atoms with Gasteiger partial charge < -0.3 is 10.2 Å². The summed E-state index contributed by atoms with van der Waals surface area (Å²) >= 11 is 7.61. The Morgan fingerprint density at radius 3 is 2.41 bits per heavy atom. The lowest BCUT2D eigenvalue weighted by molar-refractivity contribution is -0.117. The summed E-state index contributed by atoms with van der Waals surface area (Å²) in [4.78, 5) is 34.0. The molecule has 0 aliphatic carbocycles. The van der Waals surface area contributed by atoms with Gasteiger partial charge in [0.15, 0.2) is 5.16 Å². The molecule has 1 aliphatic heterocycles. The number of halogens is 1. The van der Waals surface area contributed by atoms with E-state index in [1.54, 1.807) is 18.3 Å². The van der Waals surface area contributed by atoms with Crippen molar-refractivity contribution < 1.29 is 9.59 Å². The highest BCUT2D eigenvalue weighted by atomic mass is 35.5. The molecule has 0 spiro atoms. The zero-order valence-corrected chi connectivity index (χ0v) is 19.3. The molecule has 1 saturated heterocycles. The number of hydrogen-bond acceptors (Lipinski definition) is 5. The van der Waals surface area contributed by atoms with Crippen LogP contribution in [0.2, 0.25) is 5.02 Å². The summed E-state index contributed by atoms with van der Waals surface area (Å²) in [5.74, 6) is -0.175. The van der Waals surface area contributed by atoms with Crippen molar-refractivity contribution >= 4 is 40.9 Å². The summed E-state index contributed by atoms with van der Waals surface area (Å²) in [6.45, 7) is 2.60. The van der Waals surface area contributed by atoms with Gasteiger partial charge in [-0.25, -0.2) is 4.98 Å². The third-order valence-corrected chi connectivity index (χ3v) is 6.30. The molecule has 3 aromatic rings. The second-order valence-corrected chi connectivity index (χ2v) is 8.58. The molecule has 0 saturated carbocycles. The van der Waals surface area contributed by atoms with Gasteiger partial charge in [-0.15, -0.1) is 0 Å². The number of carbonyl (C=O) groups excluding carboxylic acids is 2. The van der Waals surface area contributed by atoms with Crippen molar-refractivity contribution in [2.75, 3.05) is 44.3 Å². The lowest BCUT2D eigenvalue weighted by atomic mass is 10.2. The van der Waals surface area contributed by atoms with E-state index in [0.29, 0.717) is 42.6 Å². The average Bonchev–Trinajstić information content (AvgIpc) is 3.25. The van der Waals surface area contributed by atoms with E-state index in [9.17, 15) is 9.59 Å². The lowest BCUT2D eigenvalue weighted by Gasteiger charge is -2.34. The Hall–Kier alpha value is -2.81. The van der Waals surface area contributed by atoms with Crippen LogP contribution in [0.15, 0.2) is 66.0 Å². The number of nitrogens with zero attached hydrogens (tertiary/aromatic N) is 4. The first kappa shape index (κ1) is 22.4. The van der Waals surface area contributed by atoms with Gasteiger partial charge in [-0.05, 0) is 30.5 Å². The minimum Gasteiger partial charge on any atom is -0.335 e. The molecule has 4 rings (SSSR count). The maximum absolute atomic E-state index is 13.3. The molecule has 7 nitrogen and oxygen atoms in total. The summed E-state index contributed by atoms with van der Waals surface area (Å²) in [6.07, 6.45) is 3.59. The standard InChI is InChI=1S/C23H24ClN5O2S/c1-32-23-25-15-20(29(23)17-7-3-2-4-8-17)22(31)28-13-11-27(12-14-28)16-21(30)26-19-10-6-5-9-18(19)24/h2-10,15H,11-14,16H2,1H3,(H,26,30). The van der Waals surface area contributed by atoms with Gasteiger partial charge in [0.1, 0.15) is 5.69 Å². The van der Waals surface area contributed by atoms with Crippen molar-refractivity contribution in [3.8, 4) is 5.69 Å². The van der Waals surface area contributed by atoms with Gasteiger partial charge in [-0.3, -0.25) is 19.1 Å². The first-order valence-corrected chi connectivity index (χ1v) is 11.9. The van der Waals surface area contributed by atoms with Crippen LogP contribution in [-0.4, -0.2) is 70.1 Å². The highest BCUT2D eigenvalue weighted by Crippen LogP contribution is 2.23. The van der Waals surface area contributed by atoms with E-state index in [-0.39, 0.29) is 18.4 Å². The molecule has 2 aromatic carbocycles. The molecule has 0 unspecified atom stereocenters. The quantitative estimate of drug-likeness (QED) is 0.558. The number of rotatable bonds is 6. The van der Waals surface area contributed by atoms with Crippen molar-refractivity contribution in [2.45, 2.75) is 5.16 Å². The van der Waals surface area contributed by atoms with Gasteiger partial charge in [-0.1, -0.05) is 53.7 Å². The van der Waals surface area contributed by atoms with Gasteiger partial charge in [0.2, 0.25) is 5.91 Å². The zero-order chi connectivity index (χ0) is 22.5. The number of hydrogen-bond donors (Lipinski definition) is 1. The molecule has 32 heavy (non-hydrogen) atoms. The smallest absolute Gasteiger partial charge is 0.272 e. The molecule has 1 aliphatic rings. The molecule has 2 amide bonds. The fourth-order valence-corrected chi connectivity index (χ4v) is 4.41. The Morgan fingerprint density at radius 2 is 1.72 bits per heavy atom. The number of piperazine rings is 1. The van der Waals surface area contributed by atoms with Gasteiger partial charge >= 0.3 is 0 Å². The number of thioether (sulfide) groups is 1. The summed E-state index contributed by atoms with van der Waals surface area (Å²) in [5, 5.41) is 4.13. The van der Waals surface area contributed by atoms with Crippen molar-refractivity contribution in [2.24, 2.45) is 0 Å². The largest absolute Gasteiger partial charge is 0.335 e. The first-order valence-electron chi connectivity index (χ1n) is 10.3. The predicted octanol–water partition coefficient (Wildman–Crippen LogP) is 3.64. The third kappa shape index (κ3) is 4.98. The van der Waals surface area contributed by atoms with Crippen LogP contribution in [0.4, 0.5) is 5.69 Å². The van der Waals surface area contributed by atoms with E-state index >= 15 is 0 Å². The van der Waals surface area contributed by atoms with Gasteiger partial charge in [0.25, 0.3) is 5.91 Å². The van der Waals surface area contributed by atoms with Crippen molar-refractivity contribution in [3.05, 3.63) is 71.5 Å². The Balaban J connectivity index is 1.38. The number of nitrogens with one attached hydrogen (secondary N) is 1. The minimum absolute atomic E-state index is 0.0539. The van der Waals surface area contributed by atoms with Gasteiger partial charge in [0.05, 0.1) is 23.5 Å². The molecule has 1 fully saturated rings. The van der Waals surface area contributed by atoms with Crippen LogP contribution in [-0.2, 0) is 4.79 Å². The number of benzene rings is 2.